The zero-order valence-electron chi connectivity index (χ0n) is 19.2. The number of hydrogen-bond acceptors (Lipinski definition) is 3. The molecule has 4 nitrogen and oxygen atoms in total. The molecule has 2 heterocycles. The lowest BCUT2D eigenvalue weighted by molar-refractivity contribution is -0.137. The van der Waals surface area contributed by atoms with Gasteiger partial charge in [0.05, 0.1) is 17.7 Å². The molecule has 1 aromatic heterocycles. The fraction of sp³-hybridized carbons (Fsp3) is 0.143. The van der Waals surface area contributed by atoms with E-state index in [0.29, 0.717) is 23.4 Å². The molecule has 5 rings (SSSR count). The molecule has 1 aliphatic rings. The smallest absolute Gasteiger partial charge is 0.322 e. The highest BCUT2D eigenvalue weighted by Crippen LogP contribution is 2.35. The minimum Gasteiger partial charge on any atom is -0.322 e. The first-order valence-corrected chi connectivity index (χ1v) is 12.1. The van der Waals surface area contributed by atoms with Crippen molar-refractivity contribution < 1.29 is 22.8 Å². The van der Waals surface area contributed by atoms with Gasteiger partial charge in [-0.25, -0.2) is 0 Å². The van der Waals surface area contributed by atoms with Crippen LogP contribution in [0.15, 0.2) is 78.2 Å². The summed E-state index contributed by atoms with van der Waals surface area (Å²) in [5.41, 5.74) is 3.03. The van der Waals surface area contributed by atoms with Gasteiger partial charge in [0.1, 0.15) is 0 Å². The van der Waals surface area contributed by atoms with Crippen molar-refractivity contribution in [1.82, 2.24) is 0 Å². The Labute approximate surface area is 210 Å². The van der Waals surface area contributed by atoms with Crippen LogP contribution < -0.4 is 10.2 Å². The summed E-state index contributed by atoms with van der Waals surface area (Å²) >= 11 is 1.62. The van der Waals surface area contributed by atoms with E-state index in [2.05, 4.69) is 11.4 Å². The molecule has 3 aromatic carbocycles. The molecule has 0 radical (unpaired) electrons. The number of amides is 2. The van der Waals surface area contributed by atoms with Gasteiger partial charge in [-0.2, -0.15) is 13.2 Å². The first-order chi connectivity index (χ1) is 17.2. The zero-order chi connectivity index (χ0) is 25.4. The SMILES string of the molecule is Cc1cc(NC(=O)c2ccccc2C(F)(F)F)ccc1C(=O)N1Cc2sccc2Cc2ccccc21. The van der Waals surface area contributed by atoms with Crippen LogP contribution in [-0.4, -0.2) is 11.8 Å². The number of halogens is 3. The second-order valence-electron chi connectivity index (χ2n) is 8.59. The standard InChI is InChI=1S/C28H21F3N2O2S/c1-17-14-20(32-26(34)22-7-3-4-8-23(22)28(29,30)31)10-11-21(17)27(35)33-16-25-19(12-13-36-25)15-18-6-2-5-9-24(18)33/h2-14H,15-16H2,1H3,(H,32,34). The molecule has 36 heavy (non-hydrogen) atoms. The quantitative estimate of drug-likeness (QED) is 0.323. The average molecular weight is 507 g/mol. The molecule has 4 aromatic rings. The fourth-order valence-corrected chi connectivity index (χ4v) is 5.35. The van der Waals surface area contributed by atoms with Crippen LogP contribution in [0.3, 0.4) is 0 Å². The van der Waals surface area contributed by atoms with Crippen LogP contribution in [0.4, 0.5) is 24.5 Å². The van der Waals surface area contributed by atoms with E-state index in [-0.39, 0.29) is 5.91 Å². The fourth-order valence-electron chi connectivity index (χ4n) is 4.46. The summed E-state index contributed by atoms with van der Waals surface area (Å²) in [5, 5.41) is 4.56. The number of alkyl halides is 3. The molecule has 0 fully saturated rings. The lowest BCUT2D eigenvalue weighted by Crippen LogP contribution is -2.30. The molecule has 8 heteroatoms. The third-order valence-corrected chi connectivity index (χ3v) is 7.19. The molecule has 0 saturated heterocycles. The van der Waals surface area contributed by atoms with E-state index in [4.69, 9.17) is 0 Å². The second kappa shape index (κ2) is 9.28. The Morgan fingerprint density at radius 3 is 2.44 bits per heavy atom. The molecular weight excluding hydrogens is 485 g/mol. The molecule has 182 valence electrons. The van der Waals surface area contributed by atoms with Gasteiger partial charge < -0.3 is 10.2 Å². The molecule has 0 atom stereocenters. The van der Waals surface area contributed by atoms with E-state index in [1.807, 2.05) is 29.6 Å². The summed E-state index contributed by atoms with van der Waals surface area (Å²) < 4.78 is 39.9. The van der Waals surface area contributed by atoms with Crippen LogP contribution in [0.25, 0.3) is 0 Å². The predicted molar refractivity (Wildman–Crippen MR) is 135 cm³/mol. The Morgan fingerprint density at radius 2 is 1.67 bits per heavy atom. The summed E-state index contributed by atoms with van der Waals surface area (Å²) in [6.07, 6.45) is -3.89. The Kier molecular flexibility index (Phi) is 6.14. The summed E-state index contributed by atoms with van der Waals surface area (Å²) in [6.45, 7) is 2.20. The highest BCUT2D eigenvalue weighted by atomic mass is 32.1. The van der Waals surface area contributed by atoms with Gasteiger partial charge in [-0.15, -0.1) is 11.3 Å². The molecular formula is C28H21F3N2O2S. The average Bonchev–Trinajstić information content (AvgIpc) is 3.22. The number of fused-ring (bicyclic) bond motifs is 2. The van der Waals surface area contributed by atoms with Gasteiger partial charge in [0, 0.05) is 28.2 Å². The van der Waals surface area contributed by atoms with Gasteiger partial charge in [-0.3, -0.25) is 9.59 Å². The molecule has 1 N–H and O–H groups in total. The van der Waals surface area contributed by atoms with Crippen LogP contribution in [-0.2, 0) is 19.1 Å². The Balaban J connectivity index is 1.42. The Hall–Kier alpha value is -3.91. The molecule has 0 saturated carbocycles. The maximum Gasteiger partial charge on any atom is 0.417 e. The van der Waals surface area contributed by atoms with Crippen molar-refractivity contribution in [3.05, 3.63) is 116 Å². The number of nitrogens with one attached hydrogen (secondary N) is 1. The number of benzene rings is 3. The van der Waals surface area contributed by atoms with Crippen molar-refractivity contribution in [3.8, 4) is 0 Å². The van der Waals surface area contributed by atoms with Crippen LogP contribution in [0, 0.1) is 6.92 Å². The summed E-state index contributed by atoms with van der Waals surface area (Å²) in [6, 6.07) is 19.3. The highest BCUT2D eigenvalue weighted by Gasteiger charge is 2.35. The van der Waals surface area contributed by atoms with Crippen molar-refractivity contribution in [2.75, 3.05) is 10.2 Å². The van der Waals surface area contributed by atoms with Crippen molar-refractivity contribution in [3.63, 3.8) is 0 Å². The molecule has 0 aliphatic carbocycles. The Bertz CT molecular complexity index is 1480. The van der Waals surface area contributed by atoms with Gasteiger partial charge >= 0.3 is 6.18 Å². The number of nitrogens with zero attached hydrogens (tertiary/aromatic N) is 1. The van der Waals surface area contributed by atoms with E-state index in [0.717, 1.165) is 34.7 Å². The van der Waals surface area contributed by atoms with E-state index in [1.165, 1.54) is 23.8 Å². The van der Waals surface area contributed by atoms with Crippen LogP contribution in [0.2, 0.25) is 0 Å². The van der Waals surface area contributed by atoms with Crippen molar-refractivity contribution in [1.29, 1.82) is 0 Å². The van der Waals surface area contributed by atoms with Crippen LogP contribution in [0.1, 0.15) is 47.8 Å². The lowest BCUT2D eigenvalue weighted by Gasteiger charge is -2.24. The maximum absolute atomic E-state index is 13.7. The minimum absolute atomic E-state index is 0.179. The van der Waals surface area contributed by atoms with Gasteiger partial charge in [0.25, 0.3) is 11.8 Å². The predicted octanol–water partition coefficient (Wildman–Crippen LogP) is 7.08. The van der Waals surface area contributed by atoms with Gasteiger partial charge in [0.2, 0.25) is 0 Å². The zero-order valence-corrected chi connectivity index (χ0v) is 20.0. The number of carbonyl (C=O) groups is 2. The third-order valence-electron chi connectivity index (χ3n) is 6.24. The van der Waals surface area contributed by atoms with E-state index < -0.39 is 23.2 Å². The summed E-state index contributed by atoms with van der Waals surface area (Å²) in [5.74, 6) is -1.05. The lowest BCUT2D eigenvalue weighted by atomic mass is 10.0. The number of hydrogen-bond donors (Lipinski definition) is 1. The Morgan fingerprint density at radius 1 is 0.917 bits per heavy atom. The summed E-state index contributed by atoms with van der Waals surface area (Å²) in [7, 11) is 0. The van der Waals surface area contributed by atoms with Crippen LogP contribution in [0.5, 0.6) is 0 Å². The first kappa shape index (κ1) is 23.8. The number of rotatable bonds is 3. The van der Waals surface area contributed by atoms with Crippen molar-refractivity contribution >= 4 is 34.5 Å². The normalized spacial score (nSPS) is 12.9. The first-order valence-electron chi connectivity index (χ1n) is 11.3. The van der Waals surface area contributed by atoms with Crippen LogP contribution >= 0.6 is 11.3 Å². The molecule has 0 spiro atoms. The largest absolute Gasteiger partial charge is 0.417 e. The third kappa shape index (κ3) is 4.52. The van der Waals surface area contributed by atoms with E-state index in [9.17, 15) is 22.8 Å². The monoisotopic (exact) mass is 506 g/mol. The second-order valence-corrected chi connectivity index (χ2v) is 9.59. The number of para-hydroxylation sites is 1. The van der Waals surface area contributed by atoms with Gasteiger partial charge in [-0.05, 0) is 71.5 Å². The number of anilines is 2. The number of aryl methyl sites for hydroxylation is 1. The number of carbonyl (C=O) groups excluding carboxylic acids is 2. The molecule has 0 unspecified atom stereocenters. The van der Waals surface area contributed by atoms with E-state index >= 15 is 0 Å². The van der Waals surface area contributed by atoms with Gasteiger partial charge in [0.15, 0.2) is 0 Å². The van der Waals surface area contributed by atoms with Crippen molar-refractivity contribution in [2.45, 2.75) is 26.1 Å². The summed E-state index contributed by atoms with van der Waals surface area (Å²) in [4.78, 5) is 29.2. The number of thiophene rings is 1. The van der Waals surface area contributed by atoms with E-state index in [1.54, 1.807) is 35.3 Å². The van der Waals surface area contributed by atoms with Gasteiger partial charge in [-0.1, -0.05) is 30.3 Å². The molecule has 2 amide bonds. The van der Waals surface area contributed by atoms with Crippen molar-refractivity contribution in [2.24, 2.45) is 0 Å². The highest BCUT2D eigenvalue weighted by molar-refractivity contribution is 7.10. The maximum atomic E-state index is 13.7. The topological polar surface area (TPSA) is 49.4 Å². The minimum atomic E-state index is -4.65. The molecule has 1 aliphatic heterocycles. The molecule has 0 bridgehead atoms.